The van der Waals surface area contributed by atoms with E-state index in [2.05, 4.69) is 79.9 Å². The van der Waals surface area contributed by atoms with Gasteiger partial charge in [-0.05, 0) is 35.1 Å². The van der Waals surface area contributed by atoms with Gasteiger partial charge in [-0.15, -0.1) is 6.58 Å². The Morgan fingerprint density at radius 3 is 2.41 bits per heavy atom. The minimum Gasteiger partial charge on any atom is -0.288 e. The van der Waals surface area contributed by atoms with Crippen LogP contribution in [-0.2, 0) is 6.54 Å². The SMILES string of the molecule is C=C[C@@H](C)[C@H]1c2ccccc2[C@@H]2c3ccccc3CN1[C@H]2C. The van der Waals surface area contributed by atoms with Gasteiger partial charge in [-0.3, -0.25) is 4.90 Å². The standard InChI is InChI=1S/C21H23N/c1-4-14(2)21-19-12-8-7-11-18(19)20-15(3)22(21)13-16-9-5-6-10-17(16)20/h4-12,14-15,20-21H,1,13H2,2-3H3/t14-,15+,20+,21+/m1/s1. The van der Waals surface area contributed by atoms with Crippen molar-refractivity contribution >= 4 is 0 Å². The average Bonchev–Trinajstić information content (AvgIpc) is 2.55. The summed E-state index contributed by atoms with van der Waals surface area (Å²) in [4.78, 5) is 2.68. The second-order valence-corrected chi connectivity index (χ2v) is 6.76. The molecule has 0 saturated carbocycles. The molecular weight excluding hydrogens is 266 g/mol. The topological polar surface area (TPSA) is 3.24 Å². The molecule has 4 rings (SSSR count). The van der Waals surface area contributed by atoms with Crippen LogP contribution in [0.25, 0.3) is 0 Å². The van der Waals surface area contributed by atoms with E-state index in [0.717, 1.165) is 6.54 Å². The zero-order valence-electron chi connectivity index (χ0n) is 13.4. The molecule has 1 nitrogen and oxygen atoms in total. The summed E-state index contributed by atoms with van der Waals surface area (Å²) in [6.07, 6.45) is 2.11. The first kappa shape index (κ1) is 13.8. The van der Waals surface area contributed by atoms with Crippen LogP contribution < -0.4 is 0 Å². The van der Waals surface area contributed by atoms with Crippen LogP contribution in [0.3, 0.4) is 0 Å². The summed E-state index contributed by atoms with van der Waals surface area (Å²) >= 11 is 0. The smallest absolute Gasteiger partial charge is 0.0417 e. The molecule has 112 valence electrons. The van der Waals surface area contributed by atoms with E-state index in [1.165, 1.54) is 22.3 Å². The van der Waals surface area contributed by atoms with Gasteiger partial charge in [0.25, 0.3) is 0 Å². The molecule has 0 spiro atoms. The number of hydrogen-bond donors (Lipinski definition) is 0. The van der Waals surface area contributed by atoms with Gasteiger partial charge in [-0.2, -0.15) is 0 Å². The molecule has 0 fully saturated rings. The van der Waals surface area contributed by atoms with E-state index >= 15 is 0 Å². The predicted octanol–water partition coefficient (Wildman–Crippen LogP) is 4.90. The van der Waals surface area contributed by atoms with Crippen LogP contribution in [0.5, 0.6) is 0 Å². The molecule has 0 aromatic heterocycles. The molecule has 2 bridgehead atoms. The van der Waals surface area contributed by atoms with Crippen molar-refractivity contribution in [1.82, 2.24) is 4.90 Å². The molecule has 22 heavy (non-hydrogen) atoms. The number of fused-ring (bicyclic) bond motifs is 6. The van der Waals surface area contributed by atoms with Gasteiger partial charge in [-0.1, -0.05) is 61.5 Å². The largest absolute Gasteiger partial charge is 0.288 e. The number of rotatable bonds is 2. The summed E-state index contributed by atoms with van der Waals surface area (Å²) in [6, 6.07) is 19.0. The normalized spacial score (nSPS) is 30.1. The van der Waals surface area contributed by atoms with E-state index in [0.29, 0.717) is 23.9 Å². The summed E-state index contributed by atoms with van der Waals surface area (Å²) in [6.45, 7) is 9.79. The monoisotopic (exact) mass is 289 g/mol. The van der Waals surface area contributed by atoms with Gasteiger partial charge in [0.2, 0.25) is 0 Å². The third-order valence-electron chi connectivity index (χ3n) is 5.63. The van der Waals surface area contributed by atoms with E-state index < -0.39 is 0 Å². The van der Waals surface area contributed by atoms with Crippen molar-refractivity contribution in [2.24, 2.45) is 5.92 Å². The molecule has 2 heterocycles. The molecule has 0 radical (unpaired) electrons. The van der Waals surface area contributed by atoms with Crippen molar-refractivity contribution in [2.75, 3.05) is 0 Å². The maximum atomic E-state index is 4.06. The van der Waals surface area contributed by atoms with E-state index in [9.17, 15) is 0 Å². The molecule has 2 aliphatic rings. The first-order valence-corrected chi connectivity index (χ1v) is 8.27. The maximum absolute atomic E-state index is 4.06. The lowest BCUT2D eigenvalue weighted by Gasteiger charge is -2.51. The van der Waals surface area contributed by atoms with Crippen LogP contribution in [0.15, 0.2) is 61.2 Å². The van der Waals surface area contributed by atoms with Gasteiger partial charge in [0.05, 0.1) is 0 Å². The predicted molar refractivity (Wildman–Crippen MR) is 91.8 cm³/mol. The minimum absolute atomic E-state index is 0.438. The van der Waals surface area contributed by atoms with Crippen LogP contribution in [0.1, 0.15) is 48.1 Å². The molecule has 2 aliphatic heterocycles. The Morgan fingerprint density at radius 1 is 1.05 bits per heavy atom. The highest BCUT2D eigenvalue weighted by Crippen LogP contribution is 2.50. The van der Waals surface area contributed by atoms with Crippen LogP contribution in [0.2, 0.25) is 0 Å². The Hall–Kier alpha value is -1.86. The summed E-state index contributed by atoms with van der Waals surface area (Å²) in [5.41, 5.74) is 6.01. The third kappa shape index (κ3) is 1.82. The number of hydrogen-bond acceptors (Lipinski definition) is 1. The molecule has 1 heteroatoms. The third-order valence-corrected chi connectivity index (χ3v) is 5.63. The number of benzene rings is 2. The Morgan fingerprint density at radius 2 is 1.68 bits per heavy atom. The lowest BCUT2D eigenvalue weighted by molar-refractivity contribution is 0.0720. The average molecular weight is 289 g/mol. The summed E-state index contributed by atoms with van der Waals surface area (Å²) < 4.78 is 0. The highest BCUT2D eigenvalue weighted by atomic mass is 15.2. The Balaban J connectivity index is 1.96. The van der Waals surface area contributed by atoms with E-state index in [1.54, 1.807) is 0 Å². The first-order valence-electron chi connectivity index (χ1n) is 8.27. The molecule has 0 aliphatic carbocycles. The van der Waals surface area contributed by atoms with E-state index in [-0.39, 0.29) is 0 Å². The second-order valence-electron chi connectivity index (χ2n) is 6.76. The van der Waals surface area contributed by atoms with Crippen LogP contribution in [0, 0.1) is 5.92 Å². The Labute approximate surface area is 133 Å². The van der Waals surface area contributed by atoms with Gasteiger partial charge in [0.15, 0.2) is 0 Å². The van der Waals surface area contributed by atoms with Crippen LogP contribution in [0.4, 0.5) is 0 Å². The first-order chi connectivity index (χ1) is 10.7. The maximum Gasteiger partial charge on any atom is 0.0417 e. The highest BCUT2D eigenvalue weighted by Gasteiger charge is 2.43. The van der Waals surface area contributed by atoms with Gasteiger partial charge in [-0.25, -0.2) is 0 Å². The quantitative estimate of drug-likeness (QED) is 0.711. The summed E-state index contributed by atoms with van der Waals surface area (Å²) in [5.74, 6) is 0.948. The second kappa shape index (κ2) is 5.10. The van der Waals surface area contributed by atoms with Crippen molar-refractivity contribution in [1.29, 1.82) is 0 Å². The van der Waals surface area contributed by atoms with E-state index in [4.69, 9.17) is 0 Å². The summed E-state index contributed by atoms with van der Waals surface area (Å²) in [5, 5.41) is 0. The summed E-state index contributed by atoms with van der Waals surface area (Å²) in [7, 11) is 0. The number of nitrogens with zero attached hydrogens (tertiary/aromatic N) is 1. The van der Waals surface area contributed by atoms with Gasteiger partial charge < -0.3 is 0 Å². The molecule has 5 atom stereocenters. The zero-order chi connectivity index (χ0) is 15.3. The van der Waals surface area contributed by atoms with Crippen molar-refractivity contribution in [3.05, 3.63) is 83.4 Å². The van der Waals surface area contributed by atoms with Crippen molar-refractivity contribution in [3.8, 4) is 0 Å². The fraction of sp³-hybridized carbons (Fsp3) is 0.333. The van der Waals surface area contributed by atoms with Crippen LogP contribution in [-0.4, -0.2) is 10.9 Å². The molecular formula is C21H23N. The molecule has 2 aromatic rings. The van der Waals surface area contributed by atoms with Gasteiger partial charge in [0, 0.05) is 24.5 Å². The lowest BCUT2D eigenvalue weighted by atomic mass is 9.70. The van der Waals surface area contributed by atoms with Crippen molar-refractivity contribution in [3.63, 3.8) is 0 Å². The fourth-order valence-electron chi connectivity index (χ4n) is 4.51. The van der Waals surface area contributed by atoms with E-state index in [1.807, 2.05) is 0 Å². The minimum atomic E-state index is 0.438. The molecule has 2 aromatic carbocycles. The van der Waals surface area contributed by atoms with Crippen molar-refractivity contribution in [2.45, 2.75) is 38.4 Å². The fourth-order valence-corrected chi connectivity index (χ4v) is 4.51. The molecule has 0 amide bonds. The zero-order valence-corrected chi connectivity index (χ0v) is 13.4. The van der Waals surface area contributed by atoms with Crippen LogP contribution >= 0.6 is 0 Å². The van der Waals surface area contributed by atoms with Gasteiger partial charge in [0.1, 0.15) is 0 Å². The Bertz CT molecular complexity index is 717. The highest BCUT2D eigenvalue weighted by molar-refractivity contribution is 5.48. The lowest BCUT2D eigenvalue weighted by Crippen LogP contribution is -2.49. The Kier molecular flexibility index (Phi) is 3.19. The van der Waals surface area contributed by atoms with Crippen molar-refractivity contribution < 1.29 is 0 Å². The molecule has 0 saturated heterocycles. The molecule has 1 unspecified atom stereocenters. The van der Waals surface area contributed by atoms with Gasteiger partial charge >= 0.3 is 0 Å². The molecule has 0 N–H and O–H groups in total.